The number of benzene rings is 1. The molecule has 0 unspecified atom stereocenters. The van der Waals surface area contributed by atoms with Gasteiger partial charge in [0.25, 0.3) is 0 Å². The maximum Gasteiger partial charge on any atom is 0.196 e. The van der Waals surface area contributed by atoms with Crippen LogP contribution in [0.4, 0.5) is 10.8 Å². The molecule has 0 radical (unpaired) electrons. The topological polar surface area (TPSA) is 48.5 Å². The van der Waals surface area contributed by atoms with E-state index in [2.05, 4.69) is 27.1 Å². The van der Waals surface area contributed by atoms with Gasteiger partial charge in [-0.1, -0.05) is 18.2 Å². The number of hydrogen-bond acceptors (Lipinski definition) is 6. The SMILES string of the molecule is Cc1sc(Nc2ccccc2)nc1C(=O)CN1CCN(C)CC1.Cl. The number of carbonyl (C=O) groups excluding carboxylic acids is 1. The van der Waals surface area contributed by atoms with E-state index in [1.165, 1.54) is 11.3 Å². The summed E-state index contributed by atoms with van der Waals surface area (Å²) in [6.45, 7) is 6.35. The lowest BCUT2D eigenvalue weighted by Gasteiger charge is -2.31. The van der Waals surface area contributed by atoms with Gasteiger partial charge in [0, 0.05) is 36.7 Å². The molecular formula is C17H23ClN4OS. The predicted octanol–water partition coefficient (Wildman–Crippen LogP) is 3.05. The second-order valence-corrected chi connectivity index (χ2v) is 7.12. The molecule has 24 heavy (non-hydrogen) atoms. The summed E-state index contributed by atoms with van der Waals surface area (Å²) in [4.78, 5) is 22.5. The Kier molecular flexibility index (Phi) is 6.74. The number of nitrogens with zero attached hydrogens (tertiary/aromatic N) is 3. The molecule has 1 saturated heterocycles. The number of aryl methyl sites for hydroxylation is 1. The van der Waals surface area contributed by atoms with Crippen LogP contribution in [-0.4, -0.2) is 60.3 Å². The Morgan fingerprint density at radius 2 is 1.88 bits per heavy atom. The molecule has 1 N–H and O–H groups in total. The number of anilines is 2. The molecule has 5 nitrogen and oxygen atoms in total. The standard InChI is InChI=1S/C17H22N4OS.ClH/c1-13-16(15(22)12-21-10-8-20(2)9-11-21)19-17(23-13)18-14-6-4-3-5-7-14;/h3-7H,8-12H2,1-2H3,(H,18,19);1H. The second kappa shape index (κ2) is 8.58. The number of carbonyl (C=O) groups is 1. The van der Waals surface area contributed by atoms with E-state index < -0.39 is 0 Å². The van der Waals surface area contributed by atoms with Gasteiger partial charge in [-0.2, -0.15) is 0 Å². The minimum Gasteiger partial charge on any atom is -0.332 e. The summed E-state index contributed by atoms with van der Waals surface area (Å²) in [6.07, 6.45) is 0. The van der Waals surface area contributed by atoms with Crippen molar-refractivity contribution < 1.29 is 4.79 Å². The number of nitrogens with one attached hydrogen (secondary N) is 1. The number of Topliss-reactive ketones (excluding diaryl/α,β-unsaturated/α-hetero) is 1. The second-order valence-electron chi connectivity index (χ2n) is 5.92. The molecule has 3 rings (SSSR count). The lowest BCUT2D eigenvalue weighted by atomic mass is 10.2. The molecule has 2 aromatic rings. The van der Waals surface area contributed by atoms with Crippen molar-refractivity contribution in [2.24, 2.45) is 0 Å². The first-order chi connectivity index (χ1) is 11.1. The Morgan fingerprint density at radius 1 is 1.21 bits per heavy atom. The normalized spacial score (nSPS) is 15.8. The van der Waals surface area contributed by atoms with Gasteiger partial charge >= 0.3 is 0 Å². The van der Waals surface area contributed by atoms with Crippen molar-refractivity contribution in [3.05, 3.63) is 40.9 Å². The quantitative estimate of drug-likeness (QED) is 0.824. The van der Waals surface area contributed by atoms with Gasteiger partial charge in [-0.05, 0) is 26.1 Å². The third-order valence-electron chi connectivity index (χ3n) is 4.05. The first-order valence-corrected chi connectivity index (χ1v) is 8.67. The van der Waals surface area contributed by atoms with Crippen LogP contribution in [0.3, 0.4) is 0 Å². The van der Waals surface area contributed by atoms with Gasteiger partial charge in [0.2, 0.25) is 0 Å². The highest BCUT2D eigenvalue weighted by molar-refractivity contribution is 7.15. The molecule has 1 fully saturated rings. The highest BCUT2D eigenvalue weighted by Gasteiger charge is 2.21. The predicted molar refractivity (Wildman–Crippen MR) is 102 cm³/mol. The number of rotatable bonds is 5. The summed E-state index contributed by atoms with van der Waals surface area (Å²) in [6, 6.07) is 9.90. The molecule has 0 saturated carbocycles. The van der Waals surface area contributed by atoms with E-state index in [1.807, 2.05) is 37.3 Å². The molecule has 1 aliphatic rings. The average molecular weight is 367 g/mol. The molecule has 1 aromatic carbocycles. The largest absolute Gasteiger partial charge is 0.332 e. The van der Waals surface area contributed by atoms with Crippen LogP contribution in [0.25, 0.3) is 0 Å². The van der Waals surface area contributed by atoms with E-state index in [0.29, 0.717) is 12.2 Å². The minimum absolute atomic E-state index is 0. The fraction of sp³-hybridized carbons (Fsp3) is 0.412. The summed E-state index contributed by atoms with van der Waals surface area (Å²) >= 11 is 1.53. The van der Waals surface area contributed by atoms with E-state index in [-0.39, 0.29) is 18.2 Å². The van der Waals surface area contributed by atoms with E-state index >= 15 is 0 Å². The van der Waals surface area contributed by atoms with Crippen LogP contribution in [0.1, 0.15) is 15.4 Å². The molecule has 1 aromatic heterocycles. The van der Waals surface area contributed by atoms with Crippen LogP contribution in [0.5, 0.6) is 0 Å². The average Bonchev–Trinajstić information content (AvgIpc) is 2.91. The van der Waals surface area contributed by atoms with Crippen molar-refractivity contribution in [1.82, 2.24) is 14.8 Å². The van der Waals surface area contributed by atoms with Crippen molar-refractivity contribution in [3.63, 3.8) is 0 Å². The van der Waals surface area contributed by atoms with Crippen LogP contribution in [-0.2, 0) is 0 Å². The Morgan fingerprint density at radius 3 is 2.54 bits per heavy atom. The Labute approximate surface area is 153 Å². The number of likely N-dealkylation sites (N-methyl/N-ethyl adjacent to an activating group) is 1. The Bertz CT molecular complexity index is 668. The van der Waals surface area contributed by atoms with E-state index in [4.69, 9.17) is 0 Å². The Hall–Kier alpha value is -1.47. The zero-order chi connectivity index (χ0) is 16.2. The van der Waals surface area contributed by atoms with Crippen molar-refractivity contribution in [3.8, 4) is 0 Å². The number of hydrogen-bond donors (Lipinski definition) is 1. The van der Waals surface area contributed by atoms with Crippen LogP contribution >= 0.6 is 23.7 Å². The third-order valence-corrected chi connectivity index (χ3v) is 4.94. The highest BCUT2D eigenvalue weighted by atomic mass is 35.5. The zero-order valence-electron chi connectivity index (χ0n) is 14.0. The molecule has 0 aliphatic carbocycles. The monoisotopic (exact) mass is 366 g/mol. The number of thiazole rings is 1. The van der Waals surface area contributed by atoms with Crippen molar-refractivity contribution in [2.75, 3.05) is 45.1 Å². The fourth-order valence-corrected chi connectivity index (χ4v) is 3.49. The van der Waals surface area contributed by atoms with E-state index in [1.54, 1.807) is 0 Å². The van der Waals surface area contributed by atoms with Crippen LogP contribution in [0.2, 0.25) is 0 Å². The zero-order valence-corrected chi connectivity index (χ0v) is 15.6. The van der Waals surface area contributed by atoms with Gasteiger partial charge in [0.15, 0.2) is 10.9 Å². The third kappa shape index (κ3) is 4.77. The molecular weight excluding hydrogens is 344 g/mol. The molecule has 0 atom stereocenters. The number of ketones is 1. The number of para-hydroxylation sites is 1. The molecule has 1 aliphatic heterocycles. The minimum atomic E-state index is 0. The number of piperazine rings is 1. The number of halogens is 1. The van der Waals surface area contributed by atoms with E-state index in [9.17, 15) is 4.79 Å². The van der Waals surface area contributed by atoms with Gasteiger partial charge in [0.05, 0.1) is 6.54 Å². The van der Waals surface area contributed by atoms with Gasteiger partial charge in [-0.15, -0.1) is 23.7 Å². The lowest BCUT2D eigenvalue weighted by Crippen LogP contribution is -2.46. The van der Waals surface area contributed by atoms with Gasteiger partial charge in [-0.25, -0.2) is 4.98 Å². The smallest absolute Gasteiger partial charge is 0.196 e. The van der Waals surface area contributed by atoms with Crippen LogP contribution < -0.4 is 5.32 Å². The summed E-state index contributed by atoms with van der Waals surface area (Å²) in [5.41, 5.74) is 1.59. The van der Waals surface area contributed by atoms with Crippen molar-refractivity contribution in [1.29, 1.82) is 0 Å². The maximum atomic E-state index is 12.5. The summed E-state index contributed by atoms with van der Waals surface area (Å²) < 4.78 is 0. The molecule has 2 heterocycles. The van der Waals surface area contributed by atoms with Crippen molar-refractivity contribution >= 4 is 40.3 Å². The lowest BCUT2D eigenvalue weighted by molar-refractivity contribution is 0.0872. The van der Waals surface area contributed by atoms with E-state index in [0.717, 1.165) is 41.9 Å². The summed E-state index contributed by atoms with van der Waals surface area (Å²) in [5, 5.41) is 4.04. The number of aromatic nitrogens is 1. The molecule has 130 valence electrons. The Balaban J connectivity index is 0.00000208. The van der Waals surface area contributed by atoms with Crippen LogP contribution in [0.15, 0.2) is 30.3 Å². The maximum absolute atomic E-state index is 12.5. The highest BCUT2D eigenvalue weighted by Crippen LogP contribution is 2.25. The summed E-state index contributed by atoms with van der Waals surface area (Å²) in [5.74, 6) is 0.115. The molecule has 0 spiro atoms. The fourth-order valence-electron chi connectivity index (χ4n) is 2.64. The summed E-state index contributed by atoms with van der Waals surface area (Å²) in [7, 11) is 2.12. The first-order valence-electron chi connectivity index (χ1n) is 7.85. The van der Waals surface area contributed by atoms with Crippen molar-refractivity contribution in [2.45, 2.75) is 6.92 Å². The van der Waals surface area contributed by atoms with Gasteiger partial charge < -0.3 is 10.2 Å². The molecule has 0 amide bonds. The van der Waals surface area contributed by atoms with Gasteiger partial charge in [-0.3, -0.25) is 9.69 Å². The molecule has 7 heteroatoms. The molecule has 0 bridgehead atoms. The first kappa shape index (κ1) is 18.9. The van der Waals surface area contributed by atoms with Gasteiger partial charge in [0.1, 0.15) is 5.69 Å². The van der Waals surface area contributed by atoms with Crippen LogP contribution in [0, 0.1) is 6.92 Å².